The largest absolute Gasteiger partial charge is 0.369 e. The van der Waals surface area contributed by atoms with E-state index in [0.717, 1.165) is 23.4 Å². The Morgan fingerprint density at radius 2 is 2.05 bits per heavy atom. The van der Waals surface area contributed by atoms with Gasteiger partial charge in [-0.05, 0) is 11.8 Å². The first-order valence-electron chi connectivity index (χ1n) is 7.40. The van der Waals surface area contributed by atoms with E-state index in [1.54, 1.807) is 11.0 Å². The van der Waals surface area contributed by atoms with Crippen molar-refractivity contribution in [3.05, 3.63) is 12.5 Å². The Hall–Kier alpha value is -1.65. The Kier molecular flexibility index (Phi) is 4.57. The molecule has 0 saturated carbocycles. The third-order valence-corrected chi connectivity index (χ3v) is 3.72. The lowest BCUT2D eigenvalue weighted by Crippen LogP contribution is -2.23. The lowest BCUT2D eigenvalue weighted by atomic mass is 9.87. The summed E-state index contributed by atoms with van der Waals surface area (Å²) < 4.78 is 1.77. The van der Waals surface area contributed by atoms with E-state index in [9.17, 15) is 0 Å². The molecule has 0 aromatic carbocycles. The third-order valence-electron chi connectivity index (χ3n) is 3.72. The molecule has 0 aliphatic carbocycles. The second kappa shape index (κ2) is 6.20. The van der Waals surface area contributed by atoms with Crippen LogP contribution in [-0.4, -0.2) is 26.3 Å². The molecule has 0 atom stereocenters. The molecule has 5 heteroatoms. The van der Waals surface area contributed by atoms with E-state index in [1.807, 2.05) is 13.2 Å². The number of fused-ring (bicyclic) bond motifs is 1. The molecule has 2 aromatic heterocycles. The maximum atomic E-state index is 4.34. The lowest BCUT2D eigenvalue weighted by Gasteiger charge is -2.25. The molecule has 110 valence electrons. The van der Waals surface area contributed by atoms with Crippen LogP contribution >= 0.6 is 0 Å². The van der Waals surface area contributed by atoms with Gasteiger partial charge in [0, 0.05) is 13.6 Å². The van der Waals surface area contributed by atoms with Crippen LogP contribution in [0, 0.1) is 5.41 Å². The van der Waals surface area contributed by atoms with Crippen molar-refractivity contribution in [1.82, 2.24) is 19.7 Å². The molecule has 0 spiro atoms. The number of hydrogen-bond acceptors (Lipinski definition) is 4. The lowest BCUT2D eigenvalue weighted by molar-refractivity contribution is 0.342. The molecule has 0 saturated heterocycles. The van der Waals surface area contributed by atoms with Gasteiger partial charge in [0.15, 0.2) is 5.65 Å². The van der Waals surface area contributed by atoms with Gasteiger partial charge in [0.05, 0.1) is 11.6 Å². The fraction of sp³-hybridized carbons (Fsp3) is 0.667. The normalized spacial score (nSPS) is 12.0. The monoisotopic (exact) mass is 275 g/mol. The molecule has 0 radical (unpaired) electrons. The summed E-state index contributed by atoms with van der Waals surface area (Å²) in [6.45, 7) is 7.76. The Morgan fingerprint density at radius 1 is 1.25 bits per heavy atom. The predicted molar refractivity (Wildman–Crippen MR) is 82.7 cm³/mol. The van der Waals surface area contributed by atoms with Gasteiger partial charge in [-0.2, -0.15) is 5.10 Å². The highest BCUT2D eigenvalue weighted by atomic mass is 15.3. The van der Waals surface area contributed by atoms with Crippen molar-refractivity contribution in [2.75, 3.05) is 11.9 Å². The highest BCUT2D eigenvalue weighted by Crippen LogP contribution is 2.25. The quantitative estimate of drug-likeness (QED) is 0.787. The molecular formula is C15H25N5. The molecule has 0 aliphatic rings. The Morgan fingerprint density at radius 3 is 2.80 bits per heavy atom. The first-order valence-corrected chi connectivity index (χ1v) is 7.40. The number of nitrogens with zero attached hydrogens (tertiary/aromatic N) is 4. The van der Waals surface area contributed by atoms with E-state index >= 15 is 0 Å². The Balaban J connectivity index is 2.02. The van der Waals surface area contributed by atoms with Gasteiger partial charge in [-0.25, -0.2) is 9.97 Å². The van der Waals surface area contributed by atoms with Crippen LogP contribution < -0.4 is 5.32 Å². The van der Waals surface area contributed by atoms with Crippen LogP contribution in [0.15, 0.2) is 12.5 Å². The average Bonchev–Trinajstić information content (AvgIpc) is 2.79. The third kappa shape index (κ3) is 3.46. The second-order valence-electron chi connectivity index (χ2n) is 6.20. The fourth-order valence-electron chi connectivity index (χ4n) is 2.37. The van der Waals surface area contributed by atoms with Crippen LogP contribution in [-0.2, 0) is 7.05 Å². The van der Waals surface area contributed by atoms with Gasteiger partial charge in [0.25, 0.3) is 0 Å². The minimum atomic E-state index is 0.272. The molecule has 0 bridgehead atoms. The van der Waals surface area contributed by atoms with Gasteiger partial charge < -0.3 is 5.32 Å². The predicted octanol–water partition coefficient (Wildman–Crippen LogP) is 3.38. The van der Waals surface area contributed by atoms with E-state index in [1.165, 1.54) is 25.7 Å². The van der Waals surface area contributed by atoms with Crippen molar-refractivity contribution >= 4 is 16.9 Å². The number of anilines is 1. The van der Waals surface area contributed by atoms with Gasteiger partial charge in [-0.3, -0.25) is 4.68 Å². The summed E-state index contributed by atoms with van der Waals surface area (Å²) in [6, 6.07) is 0. The molecule has 5 nitrogen and oxygen atoms in total. The zero-order chi connectivity index (χ0) is 14.6. The fourth-order valence-corrected chi connectivity index (χ4v) is 2.37. The van der Waals surface area contributed by atoms with Crippen molar-refractivity contribution in [1.29, 1.82) is 0 Å². The number of aryl methyl sites for hydroxylation is 1. The molecule has 0 fully saturated rings. The smallest absolute Gasteiger partial charge is 0.163 e. The summed E-state index contributed by atoms with van der Waals surface area (Å²) >= 11 is 0. The summed E-state index contributed by atoms with van der Waals surface area (Å²) in [7, 11) is 1.90. The molecule has 2 heterocycles. The van der Waals surface area contributed by atoms with E-state index in [0.29, 0.717) is 0 Å². The average molecular weight is 275 g/mol. The molecule has 2 rings (SSSR count). The van der Waals surface area contributed by atoms with Crippen molar-refractivity contribution in [3.63, 3.8) is 0 Å². The maximum absolute atomic E-state index is 4.34. The second-order valence-corrected chi connectivity index (χ2v) is 6.20. The highest BCUT2D eigenvalue weighted by molar-refractivity contribution is 5.85. The number of rotatable bonds is 7. The number of aromatic nitrogens is 4. The summed E-state index contributed by atoms with van der Waals surface area (Å²) in [6.07, 6.45) is 8.51. The number of unbranched alkanes of at least 4 members (excludes halogenated alkanes) is 2. The summed E-state index contributed by atoms with van der Waals surface area (Å²) in [5, 5.41) is 8.68. The SMILES string of the molecule is CCCCCC(C)(C)CNc1ncnc2c1cnn2C. The zero-order valence-corrected chi connectivity index (χ0v) is 13.0. The molecule has 1 N–H and O–H groups in total. The number of hydrogen-bond donors (Lipinski definition) is 1. The van der Waals surface area contributed by atoms with E-state index < -0.39 is 0 Å². The van der Waals surface area contributed by atoms with Gasteiger partial charge in [0.2, 0.25) is 0 Å². The van der Waals surface area contributed by atoms with Crippen molar-refractivity contribution in [2.24, 2.45) is 12.5 Å². The first-order chi connectivity index (χ1) is 9.53. The van der Waals surface area contributed by atoms with E-state index in [-0.39, 0.29) is 5.41 Å². The van der Waals surface area contributed by atoms with Gasteiger partial charge in [-0.15, -0.1) is 0 Å². The van der Waals surface area contributed by atoms with E-state index in [2.05, 4.69) is 41.2 Å². The molecule has 20 heavy (non-hydrogen) atoms. The van der Waals surface area contributed by atoms with Gasteiger partial charge >= 0.3 is 0 Å². The van der Waals surface area contributed by atoms with Crippen molar-refractivity contribution in [2.45, 2.75) is 46.5 Å². The summed E-state index contributed by atoms with van der Waals surface area (Å²) in [5.41, 5.74) is 1.14. The van der Waals surface area contributed by atoms with Crippen LogP contribution in [0.2, 0.25) is 0 Å². The summed E-state index contributed by atoms with van der Waals surface area (Å²) in [4.78, 5) is 8.60. The minimum Gasteiger partial charge on any atom is -0.369 e. The van der Waals surface area contributed by atoms with Gasteiger partial charge in [0.1, 0.15) is 12.1 Å². The Bertz CT molecular complexity index is 558. The molecule has 0 aliphatic heterocycles. The molecule has 0 amide bonds. The van der Waals surface area contributed by atoms with Crippen molar-refractivity contribution < 1.29 is 0 Å². The summed E-state index contributed by atoms with van der Waals surface area (Å²) in [5.74, 6) is 0.881. The highest BCUT2D eigenvalue weighted by Gasteiger charge is 2.18. The molecule has 0 unspecified atom stereocenters. The standard InChI is InChI=1S/C15H25N5/c1-5-6-7-8-15(2,3)10-16-13-12-9-19-20(4)14(12)18-11-17-13/h9,11H,5-8,10H2,1-4H3,(H,16,17,18). The van der Waals surface area contributed by atoms with Crippen LogP contribution in [0.25, 0.3) is 11.0 Å². The van der Waals surface area contributed by atoms with Gasteiger partial charge in [-0.1, -0.05) is 40.0 Å². The number of nitrogens with one attached hydrogen (secondary N) is 1. The Labute approximate surface area is 120 Å². The minimum absolute atomic E-state index is 0.272. The van der Waals surface area contributed by atoms with Crippen LogP contribution in [0.1, 0.15) is 46.5 Å². The van der Waals surface area contributed by atoms with Crippen LogP contribution in [0.4, 0.5) is 5.82 Å². The van der Waals surface area contributed by atoms with Crippen LogP contribution in [0.5, 0.6) is 0 Å². The maximum Gasteiger partial charge on any atom is 0.163 e. The topological polar surface area (TPSA) is 55.6 Å². The van der Waals surface area contributed by atoms with Crippen LogP contribution in [0.3, 0.4) is 0 Å². The molecular weight excluding hydrogens is 250 g/mol. The van der Waals surface area contributed by atoms with Crippen molar-refractivity contribution in [3.8, 4) is 0 Å². The zero-order valence-electron chi connectivity index (χ0n) is 13.0. The first kappa shape index (κ1) is 14.8. The molecule has 2 aromatic rings. The van der Waals surface area contributed by atoms with E-state index in [4.69, 9.17) is 0 Å².